The van der Waals surface area contributed by atoms with Crippen LogP contribution in [0.1, 0.15) is 19.5 Å². The van der Waals surface area contributed by atoms with Crippen molar-refractivity contribution in [1.29, 1.82) is 0 Å². The Hall–Kier alpha value is -0.980. The van der Waals surface area contributed by atoms with Gasteiger partial charge in [0, 0.05) is 38.4 Å². The molecular weight excluding hydrogens is 240 g/mol. The SMILES string of the molecule is CC(C)NCc1cn(CCN(C)CCN(C)C)nn1. The summed E-state index contributed by atoms with van der Waals surface area (Å²) in [5, 5.41) is 11.7. The van der Waals surface area contributed by atoms with Crippen molar-refractivity contribution in [1.82, 2.24) is 30.1 Å². The van der Waals surface area contributed by atoms with Crippen LogP contribution in [0.15, 0.2) is 6.20 Å². The summed E-state index contributed by atoms with van der Waals surface area (Å²) in [5.41, 5.74) is 1.00. The Morgan fingerprint density at radius 3 is 2.58 bits per heavy atom. The van der Waals surface area contributed by atoms with Gasteiger partial charge in [-0.25, -0.2) is 0 Å². The molecule has 6 nitrogen and oxygen atoms in total. The standard InChI is InChI=1S/C13H28N6/c1-12(2)14-10-13-11-19(16-15-13)9-8-18(5)7-6-17(3)4/h11-12,14H,6-10H2,1-5H3. The summed E-state index contributed by atoms with van der Waals surface area (Å²) >= 11 is 0. The third-order valence-electron chi connectivity index (χ3n) is 2.92. The topological polar surface area (TPSA) is 49.2 Å². The molecule has 0 saturated carbocycles. The van der Waals surface area contributed by atoms with Gasteiger partial charge >= 0.3 is 0 Å². The Bertz CT molecular complexity index is 347. The fourth-order valence-corrected chi connectivity index (χ4v) is 1.59. The first kappa shape index (κ1) is 16.1. The Labute approximate surface area is 116 Å². The first-order chi connectivity index (χ1) is 8.97. The zero-order chi connectivity index (χ0) is 14.3. The zero-order valence-corrected chi connectivity index (χ0v) is 12.9. The van der Waals surface area contributed by atoms with E-state index in [2.05, 4.69) is 60.4 Å². The molecule has 0 amide bonds. The van der Waals surface area contributed by atoms with Crippen molar-refractivity contribution < 1.29 is 0 Å². The normalized spacial score (nSPS) is 12.0. The molecule has 0 unspecified atom stereocenters. The molecule has 0 aromatic carbocycles. The van der Waals surface area contributed by atoms with Crippen molar-refractivity contribution in [2.45, 2.75) is 33.0 Å². The molecular formula is C13H28N6. The van der Waals surface area contributed by atoms with E-state index in [-0.39, 0.29) is 0 Å². The van der Waals surface area contributed by atoms with Crippen molar-refractivity contribution in [3.05, 3.63) is 11.9 Å². The fraction of sp³-hybridized carbons (Fsp3) is 0.846. The molecule has 6 heteroatoms. The third-order valence-corrected chi connectivity index (χ3v) is 2.92. The molecule has 0 saturated heterocycles. The highest BCUT2D eigenvalue weighted by molar-refractivity contribution is 4.91. The van der Waals surface area contributed by atoms with Gasteiger partial charge in [0.25, 0.3) is 0 Å². The van der Waals surface area contributed by atoms with Crippen molar-refractivity contribution >= 4 is 0 Å². The van der Waals surface area contributed by atoms with Gasteiger partial charge in [-0.1, -0.05) is 19.1 Å². The molecule has 1 heterocycles. The van der Waals surface area contributed by atoms with Crippen LogP contribution >= 0.6 is 0 Å². The summed E-state index contributed by atoms with van der Waals surface area (Å²) in [6.45, 7) is 9.08. The number of likely N-dealkylation sites (N-methyl/N-ethyl adjacent to an activating group) is 2. The summed E-state index contributed by atoms with van der Waals surface area (Å²) in [7, 11) is 6.33. The third kappa shape index (κ3) is 7.25. The molecule has 0 bridgehead atoms. The Balaban J connectivity index is 2.25. The Morgan fingerprint density at radius 2 is 1.95 bits per heavy atom. The number of hydrogen-bond donors (Lipinski definition) is 1. The Kier molecular flexibility index (Phi) is 6.97. The predicted octanol–water partition coefficient (Wildman–Crippen LogP) is 0.270. The van der Waals surface area contributed by atoms with E-state index in [0.29, 0.717) is 6.04 Å². The first-order valence-corrected chi connectivity index (χ1v) is 6.93. The van der Waals surface area contributed by atoms with Gasteiger partial charge in [0.05, 0.1) is 12.2 Å². The molecule has 0 aliphatic carbocycles. The number of rotatable bonds is 9. The molecule has 1 N–H and O–H groups in total. The lowest BCUT2D eigenvalue weighted by atomic mass is 10.3. The summed E-state index contributed by atoms with van der Waals surface area (Å²) in [5.74, 6) is 0. The highest BCUT2D eigenvalue weighted by Gasteiger charge is 2.03. The molecule has 19 heavy (non-hydrogen) atoms. The van der Waals surface area contributed by atoms with Gasteiger partial charge in [-0.3, -0.25) is 4.68 Å². The molecule has 1 aromatic heterocycles. The molecule has 1 rings (SSSR count). The van der Waals surface area contributed by atoms with Crippen LogP contribution in [0.2, 0.25) is 0 Å². The van der Waals surface area contributed by atoms with E-state index in [1.807, 2.05) is 10.9 Å². The van der Waals surface area contributed by atoms with Gasteiger partial charge in [-0.15, -0.1) is 5.10 Å². The average molecular weight is 268 g/mol. The molecule has 0 fully saturated rings. The number of nitrogens with one attached hydrogen (secondary N) is 1. The lowest BCUT2D eigenvalue weighted by Crippen LogP contribution is -2.31. The van der Waals surface area contributed by atoms with E-state index >= 15 is 0 Å². The highest BCUT2D eigenvalue weighted by atomic mass is 15.4. The lowest BCUT2D eigenvalue weighted by Gasteiger charge is -2.18. The molecule has 0 spiro atoms. The second-order valence-electron chi connectivity index (χ2n) is 5.62. The molecule has 110 valence electrons. The van der Waals surface area contributed by atoms with Crippen LogP contribution in [0.5, 0.6) is 0 Å². The smallest absolute Gasteiger partial charge is 0.0964 e. The van der Waals surface area contributed by atoms with Crippen LogP contribution in [0.4, 0.5) is 0 Å². The van der Waals surface area contributed by atoms with Crippen LogP contribution in [0, 0.1) is 0 Å². The summed E-state index contributed by atoms with van der Waals surface area (Å²) < 4.78 is 1.92. The van der Waals surface area contributed by atoms with Gasteiger partial charge in [-0.05, 0) is 21.1 Å². The molecule has 0 atom stereocenters. The van der Waals surface area contributed by atoms with E-state index in [1.165, 1.54) is 0 Å². The van der Waals surface area contributed by atoms with Gasteiger partial charge < -0.3 is 15.1 Å². The van der Waals surface area contributed by atoms with Crippen molar-refractivity contribution in [2.75, 3.05) is 40.8 Å². The molecule has 0 aliphatic heterocycles. The molecule has 0 aliphatic rings. The van der Waals surface area contributed by atoms with Crippen molar-refractivity contribution in [3.8, 4) is 0 Å². The van der Waals surface area contributed by atoms with Crippen LogP contribution in [-0.2, 0) is 13.1 Å². The molecule has 0 radical (unpaired) electrons. The van der Waals surface area contributed by atoms with Gasteiger partial charge in [-0.2, -0.15) is 0 Å². The zero-order valence-electron chi connectivity index (χ0n) is 12.9. The van der Waals surface area contributed by atoms with E-state index in [1.54, 1.807) is 0 Å². The van der Waals surface area contributed by atoms with Gasteiger partial charge in [0.1, 0.15) is 0 Å². The largest absolute Gasteiger partial charge is 0.309 e. The van der Waals surface area contributed by atoms with Crippen LogP contribution in [0.3, 0.4) is 0 Å². The van der Waals surface area contributed by atoms with Crippen LogP contribution < -0.4 is 5.32 Å². The second kappa shape index (κ2) is 8.24. The minimum atomic E-state index is 0.474. The summed E-state index contributed by atoms with van der Waals surface area (Å²) in [6.07, 6.45) is 2.02. The number of hydrogen-bond acceptors (Lipinski definition) is 5. The fourth-order valence-electron chi connectivity index (χ4n) is 1.59. The highest BCUT2D eigenvalue weighted by Crippen LogP contribution is 1.95. The van der Waals surface area contributed by atoms with E-state index in [9.17, 15) is 0 Å². The molecule has 1 aromatic rings. The second-order valence-corrected chi connectivity index (χ2v) is 5.62. The maximum atomic E-state index is 4.16. The minimum absolute atomic E-state index is 0.474. The predicted molar refractivity (Wildman–Crippen MR) is 78.0 cm³/mol. The minimum Gasteiger partial charge on any atom is -0.309 e. The van der Waals surface area contributed by atoms with Gasteiger partial charge in [0.2, 0.25) is 0 Å². The van der Waals surface area contributed by atoms with E-state index in [0.717, 1.165) is 38.4 Å². The van der Waals surface area contributed by atoms with Crippen molar-refractivity contribution in [3.63, 3.8) is 0 Å². The average Bonchev–Trinajstić information content (AvgIpc) is 2.79. The lowest BCUT2D eigenvalue weighted by molar-refractivity contribution is 0.269. The number of nitrogens with zero attached hydrogens (tertiary/aromatic N) is 5. The monoisotopic (exact) mass is 268 g/mol. The number of aromatic nitrogens is 3. The first-order valence-electron chi connectivity index (χ1n) is 6.93. The van der Waals surface area contributed by atoms with Gasteiger partial charge in [0.15, 0.2) is 0 Å². The van der Waals surface area contributed by atoms with Crippen LogP contribution in [-0.4, -0.2) is 71.6 Å². The van der Waals surface area contributed by atoms with E-state index in [4.69, 9.17) is 0 Å². The van der Waals surface area contributed by atoms with Crippen molar-refractivity contribution in [2.24, 2.45) is 0 Å². The maximum Gasteiger partial charge on any atom is 0.0964 e. The van der Waals surface area contributed by atoms with Crippen LogP contribution in [0.25, 0.3) is 0 Å². The summed E-state index contributed by atoms with van der Waals surface area (Å²) in [6, 6.07) is 0.474. The summed E-state index contributed by atoms with van der Waals surface area (Å²) in [4.78, 5) is 4.51. The Morgan fingerprint density at radius 1 is 1.21 bits per heavy atom. The maximum absolute atomic E-state index is 4.16. The van der Waals surface area contributed by atoms with E-state index < -0.39 is 0 Å². The quantitative estimate of drug-likeness (QED) is 0.697.